The van der Waals surface area contributed by atoms with Gasteiger partial charge in [-0.25, -0.2) is 0 Å². The fourth-order valence-corrected chi connectivity index (χ4v) is 1.65. The Balaban J connectivity index is 2.39. The largest absolute Gasteiger partial charge is 0.493 e. The monoisotopic (exact) mass is 222 g/mol. The molecule has 5 heteroatoms. The summed E-state index contributed by atoms with van der Waals surface area (Å²) < 4.78 is 16.2. The van der Waals surface area contributed by atoms with Crippen LogP contribution < -0.4 is 19.9 Å². The minimum atomic E-state index is 0.110. The molecule has 2 rings (SSSR count). The highest BCUT2D eigenvalue weighted by molar-refractivity contribution is 5.80. The molecule has 1 aliphatic rings. The molecular formula is C11H14N2O3. The lowest BCUT2D eigenvalue weighted by Crippen LogP contribution is -2.17. The van der Waals surface area contributed by atoms with Crippen molar-refractivity contribution >= 4 is 5.84 Å². The fourth-order valence-electron chi connectivity index (χ4n) is 1.65. The lowest BCUT2D eigenvalue weighted by Gasteiger charge is -2.21. The Labute approximate surface area is 93.6 Å². The van der Waals surface area contributed by atoms with E-state index in [1.165, 1.54) is 0 Å². The first-order chi connectivity index (χ1) is 7.70. The van der Waals surface area contributed by atoms with Gasteiger partial charge in [0.15, 0.2) is 11.5 Å². The summed E-state index contributed by atoms with van der Waals surface area (Å²) in [5.74, 6) is 2.01. The average molecular weight is 222 g/mol. The molecule has 16 heavy (non-hydrogen) atoms. The molecule has 1 aliphatic heterocycles. The molecule has 0 saturated heterocycles. The Bertz CT molecular complexity index is 401. The predicted molar refractivity (Wildman–Crippen MR) is 59.6 cm³/mol. The molecule has 1 heterocycles. The smallest absolute Gasteiger partial charge is 0.203 e. The predicted octanol–water partition coefficient (Wildman–Crippen LogP) is 0.945. The van der Waals surface area contributed by atoms with Gasteiger partial charge >= 0.3 is 0 Å². The van der Waals surface area contributed by atoms with Crippen molar-refractivity contribution in [1.82, 2.24) is 0 Å². The Morgan fingerprint density at radius 1 is 1.44 bits per heavy atom. The molecule has 0 aromatic heterocycles. The minimum absolute atomic E-state index is 0.110. The normalized spacial score (nSPS) is 13.3. The maximum absolute atomic E-state index is 7.26. The third-order valence-corrected chi connectivity index (χ3v) is 2.28. The molecule has 0 spiro atoms. The zero-order chi connectivity index (χ0) is 11.5. The lowest BCUT2D eigenvalue weighted by molar-refractivity contribution is 0.165. The second kappa shape index (κ2) is 4.30. The lowest BCUT2D eigenvalue weighted by atomic mass is 10.1. The van der Waals surface area contributed by atoms with E-state index < -0.39 is 0 Å². The van der Waals surface area contributed by atoms with Gasteiger partial charge in [-0.3, -0.25) is 5.41 Å². The maximum atomic E-state index is 7.26. The zero-order valence-electron chi connectivity index (χ0n) is 9.08. The van der Waals surface area contributed by atoms with Crippen LogP contribution in [0.25, 0.3) is 0 Å². The first-order valence-electron chi connectivity index (χ1n) is 5.00. The van der Waals surface area contributed by atoms with Gasteiger partial charge in [0.25, 0.3) is 0 Å². The van der Waals surface area contributed by atoms with Crippen LogP contribution in [0.1, 0.15) is 5.56 Å². The number of hydrogen-bond donors (Lipinski definition) is 2. The Morgan fingerprint density at radius 3 is 2.88 bits per heavy atom. The van der Waals surface area contributed by atoms with Crippen molar-refractivity contribution in [3.8, 4) is 17.2 Å². The molecule has 0 aliphatic carbocycles. The number of amidine groups is 1. The number of fused-ring (bicyclic) bond motifs is 1. The molecule has 0 unspecified atom stereocenters. The van der Waals surface area contributed by atoms with Gasteiger partial charge in [0, 0.05) is 6.42 Å². The quantitative estimate of drug-likeness (QED) is 0.589. The number of nitrogens with one attached hydrogen (secondary N) is 1. The molecule has 0 bridgehead atoms. The Morgan fingerprint density at radius 2 is 2.19 bits per heavy atom. The van der Waals surface area contributed by atoms with Crippen LogP contribution in [-0.4, -0.2) is 26.2 Å². The van der Waals surface area contributed by atoms with E-state index in [0.29, 0.717) is 36.9 Å². The number of methoxy groups -OCH3 is 1. The number of hydrogen-bond acceptors (Lipinski definition) is 4. The van der Waals surface area contributed by atoms with E-state index in [2.05, 4.69) is 0 Å². The summed E-state index contributed by atoms with van der Waals surface area (Å²) in [7, 11) is 1.57. The fraction of sp³-hybridized carbons (Fsp3) is 0.364. The third-order valence-electron chi connectivity index (χ3n) is 2.28. The van der Waals surface area contributed by atoms with Crippen molar-refractivity contribution in [2.24, 2.45) is 5.73 Å². The summed E-state index contributed by atoms with van der Waals surface area (Å²) in [6, 6.07) is 3.65. The summed E-state index contributed by atoms with van der Waals surface area (Å²) in [6.07, 6.45) is 0.382. The molecule has 0 fully saturated rings. The highest BCUT2D eigenvalue weighted by atomic mass is 16.6. The van der Waals surface area contributed by atoms with Gasteiger partial charge in [0.1, 0.15) is 13.2 Å². The van der Waals surface area contributed by atoms with E-state index in [1.807, 2.05) is 12.1 Å². The van der Waals surface area contributed by atoms with Crippen molar-refractivity contribution in [3.63, 3.8) is 0 Å². The highest BCUT2D eigenvalue weighted by Gasteiger charge is 2.18. The van der Waals surface area contributed by atoms with E-state index in [9.17, 15) is 0 Å². The standard InChI is InChI=1S/C11H14N2O3/c1-14-8-4-7(6-10(12)13)5-9-11(8)16-3-2-15-9/h4-5H,2-3,6H2,1H3,(H3,12,13). The Hall–Kier alpha value is -1.91. The first kappa shape index (κ1) is 10.6. The van der Waals surface area contributed by atoms with Crippen LogP contribution >= 0.6 is 0 Å². The van der Waals surface area contributed by atoms with Gasteiger partial charge in [-0.1, -0.05) is 0 Å². The SMILES string of the molecule is COc1cc(CC(=N)N)cc2c1OCCO2. The van der Waals surface area contributed by atoms with Crippen LogP contribution in [0.2, 0.25) is 0 Å². The van der Waals surface area contributed by atoms with Gasteiger partial charge < -0.3 is 19.9 Å². The second-order valence-corrected chi connectivity index (χ2v) is 3.52. The van der Waals surface area contributed by atoms with Crippen molar-refractivity contribution in [2.75, 3.05) is 20.3 Å². The molecule has 1 aromatic rings. The van der Waals surface area contributed by atoms with Crippen molar-refractivity contribution < 1.29 is 14.2 Å². The van der Waals surface area contributed by atoms with Crippen molar-refractivity contribution in [3.05, 3.63) is 17.7 Å². The zero-order valence-corrected chi connectivity index (χ0v) is 9.08. The Kier molecular flexibility index (Phi) is 2.85. The minimum Gasteiger partial charge on any atom is -0.493 e. The van der Waals surface area contributed by atoms with Crippen LogP contribution in [0.5, 0.6) is 17.2 Å². The average Bonchev–Trinajstić information content (AvgIpc) is 2.27. The highest BCUT2D eigenvalue weighted by Crippen LogP contribution is 2.40. The van der Waals surface area contributed by atoms with Gasteiger partial charge in [-0.05, 0) is 17.7 Å². The summed E-state index contributed by atoms with van der Waals surface area (Å²) in [5, 5.41) is 7.26. The van der Waals surface area contributed by atoms with Crippen LogP contribution in [-0.2, 0) is 6.42 Å². The molecule has 86 valence electrons. The van der Waals surface area contributed by atoms with Gasteiger partial charge in [-0.15, -0.1) is 0 Å². The van der Waals surface area contributed by atoms with Gasteiger partial charge in [-0.2, -0.15) is 0 Å². The first-order valence-corrected chi connectivity index (χ1v) is 5.00. The third kappa shape index (κ3) is 2.03. The van der Waals surface area contributed by atoms with E-state index in [-0.39, 0.29) is 5.84 Å². The van der Waals surface area contributed by atoms with Crippen molar-refractivity contribution in [2.45, 2.75) is 6.42 Å². The van der Waals surface area contributed by atoms with Gasteiger partial charge in [0.2, 0.25) is 5.75 Å². The van der Waals surface area contributed by atoms with Crippen LogP contribution in [0.4, 0.5) is 0 Å². The summed E-state index contributed by atoms with van der Waals surface area (Å²) >= 11 is 0. The van der Waals surface area contributed by atoms with Gasteiger partial charge in [0.05, 0.1) is 12.9 Å². The molecule has 3 N–H and O–H groups in total. The molecular weight excluding hydrogens is 208 g/mol. The van der Waals surface area contributed by atoms with E-state index in [4.69, 9.17) is 25.4 Å². The summed E-state index contributed by atoms with van der Waals surface area (Å²) in [5.41, 5.74) is 6.25. The summed E-state index contributed by atoms with van der Waals surface area (Å²) in [4.78, 5) is 0. The van der Waals surface area contributed by atoms with E-state index in [1.54, 1.807) is 7.11 Å². The van der Waals surface area contributed by atoms with Crippen LogP contribution in [0, 0.1) is 5.41 Å². The molecule has 0 atom stereocenters. The number of benzene rings is 1. The maximum Gasteiger partial charge on any atom is 0.203 e. The van der Waals surface area contributed by atoms with Crippen LogP contribution in [0.3, 0.4) is 0 Å². The van der Waals surface area contributed by atoms with Crippen molar-refractivity contribution in [1.29, 1.82) is 5.41 Å². The van der Waals surface area contributed by atoms with E-state index in [0.717, 1.165) is 5.56 Å². The second-order valence-electron chi connectivity index (χ2n) is 3.52. The van der Waals surface area contributed by atoms with E-state index >= 15 is 0 Å². The number of rotatable bonds is 3. The number of ether oxygens (including phenoxy) is 3. The molecule has 0 radical (unpaired) electrons. The summed E-state index contributed by atoms with van der Waals surface area (Å²) in [6.45, 7) is 1.05. The number of nitrogens with two attached hydrogens (primary N) is 1. The van der Waals surface area contributed by atoms with Crippen LogP contribution in [0.15, 0.2) is 12.1 Å². The molecule has 0 saturated carbocycles. The molecule has 0 amide bonds. The topological polar surface area (TPSA) is 77.6 Å². The molecule has 5 nitrogen and oxygen atoms in total. The molecule has 1 aromatic carbocycles.